The van der Waals surface area contributed by atoms with Crippen LogP contribution in [0.5, 0.6) is 0 Å². The van der Waals surface area contributed by atoms with Crippen molar-refractivity contribution in [2.45, 2.75) is 90.6 Å². The molecule has 1 aliphatic rings. The molecule has 4 heteroatoms. The van der Waals surface area contributed by atoms with Gasteiger partial charge in [-0.15, -0.1) is 0 Å². The second-order valence-corrected chi connectivity index (χ2v) is 6.40. The first-order valence-electron chi connectivity index (χ1n) is 8.45. The minimum Gasteiger partial charge on any atom is -0.186 e. The van der Waals surface area contributed by atoms with E-state index in [1.165, 1.54) is 44.9 Å². The van der Waals surface area contributed by atoms with Gasteiger partial charge in [0.15, 0.2) is 12.7 Å². The highest BCUT2D eigenvalue weighted by molar-refractivity contribution is 4.59. The molecular formula is C16H32NO3+. The molecule has 1 fully saturated rings. The number of rotatable bonds is 5. The Labute approximate surface area is 123 Å². The van der Waals surface area contributed by atoms with E-state index in [2.05, 4.69) is 0 Å². The molecule has 1 aliphatic carbocycles. The minimum atomic E-state index is 0.0269. The summed E-state index contributed by atoms with van der Waals surface area (Å²) in [5.41, 5.74) is 0. The van der Waals surface area contributed by atoms with Gasteiger partial charge < -0.3 is 0 Å². The Hall–Kier alpha value is -0.800. The summed E-state index contributed by atoms with van der Waals surface area (Å²) in [5.74, 6) is 0.339. The molecule has 4 nitrogen and oxygen atoms in total. The van der Waals surface area contributed by atoms with Gasteiger partial charge in [0.05, 0.1) is 0 Å². The maximum atomic E-state index is 11.6. The Kier molecular flexibility index (Phi) is 9.42. The number of nitrogens with zero attached hydrogens (tertiary/aromatic N) is 1. The maximum absolute atomic E-state index is 11.6. The third-order valence-corrected chi connectivity index (χ3v) is 3.80. The Balaban J connectivity index is 2.28. The van der Waals surface area contributed by atoms with Crippen LogP contribution in [-0.2, 0) is 9.68 Å². The largest absolute Gasteiger partial charge is 0.477 e. The van der Waals surface area contributed by atoms with Crippen LogP contribution >= 0.6 is 0 Å². The van der Waals surface area contributed by atoms with Gasteiger partial charge in [0.25, 0.3) is 0 Å². The highest BCUT2D eigenvalue weighted by Crippen LogP contribution is 2.19. The maximum Gasteiger partial charge on any atom is 0.477 e. The lowest BCUT2D eigenvalue weighted by molar-refractivity contribution is -0.988. The van der Waals surface area contributed by atoms with Gasteiger partial charge in [0.2, 0.25) is 0 Å². The second kappa shape index (κ2) is 10.9. The molecule has 0 amide bonds. The van der Waals surface area contributed by atoms with Gasteiger partial charge in [-0.05, 0) is 31.6 Å². The smallest absolute Gasteiger partial charge is 0.186 e. The highest BCUT2D eigenvalue weighted by atomic mass is 17.0. The van der Waals surface area contributed by atoms with E-state index in [4.69, 9.17) is 9.68 Å². The van der Waals surface area contributed by atoms with Gasteiger partial charge in [-0.2, -0.15) is 9.68 Å². The molecule has 20 heavy (non-hydrogen) atoms. The molecule has 0 spiro atoms. The summed E-state index contributed by atoms with van der Waals surface area (Å²) in [4.78, 5) is 22.0. The van der Waals surface area contributed by atoms with Crippen molar-refractivity contribution in [3.05, 3.63) is 4.91 Å². The van der Waals surface area contributed by atoms with E-state index in [0.29, 0.717) is 17.6 Å². The van der Waals surface area contributed by atoms with Crippen LogP contribution in [-0.4, -0.2) is 17.8 Å². The Morgan fingerprint density at radius 2 is 1.35 bits per heavy atom. The van der Waals surface area contributed by atoms with E-state index in [1.807, 2.05) is 13.8 Å². The molecule has 0 aromatic rings. The van der Waals surface area contributed by atoms with Crippen molar-refractivity contribution in [2.24, 2.45) is 5.92 Å². The summed E-state index contributed by atoms with van der Waals surface area (Å²) >= 11 is 0. The van der Waals surface area contributed by atoms with Crippen LogP contribution in [0.2, 0.25) is 0 Å². The van der Waals surface area contributed by atoms with Crippen LogP contribution in [0.15, 0.2) is 0 Å². The Bertz CT molecular complexity index is 244. The zero-order valence-corrected chi connectivity index (χ0v) is 13.3. The van der Waals surface area contributed by atoms with Crippen LogP contribution in [0.4, 0.5) is 0 Å². The molecule has 0 aromatic carbocycles. The van der Waals surface area contributed by atoms with Gasteiger partial charge in [-0.1, -0.05) is 58.8 Å². The summed E-state index contributed by atoms with van der Waals surface area (Å²) in [5, 5.41) is 0.344. The normalized spacial score (nSPS) is 19.9. The lowest BCUT2D eigenvalue weighted by Gasteiger charge is -2.12. The van der Waals surface area contributed by atoms with Gasteiger partial charge in [-0.3, -0.25) is 0 Å². The van der Waals surface area contributed by atoms with Crippen LogP contribution in [0.25, 0.3) is 0 Å². The summed E-state index contributed by atoms with van der Waals surface area (Å²) < 4.78 is 0. The van der Waals surface area contributed by atoms with Crippen molar-refractivity contribution in [1.29, 1.82) is 0 Å². The summed E-state index contributed by atoms with van der Waals surface area (Å²) in [6.07, 6.45) is 13.5. The van der Waals surface area contributed by atoms with Gasteiger partial charge in [-0.25, -0.2) is 0 Å². The fourth-order valence-corrected chi connectivity index (χ4v) is 2.59. The van der Waals surface area contributed by atoms with E-state index in [9.17, 15) is 4.91 Å². The molecule has 0 saturated heterocycles. The molecule has 1 rings (SSSR count). The average molecular weight is 286 g/mol. The standard InChI is InChI=1S/C16H32NO3/c1-15(2)14-19-17(18)20-16-12-10-8-6-4-3-5-7-9-11-13-16/h15-16H,3-14H2,1-2H3/q+1. The first kappa shape index (κ1) is 17.3. The van der Waals surface area contributed by atoms with E-state index in [1.54, 1.807) is 0 Å². The molecule has 118 valence electrons. The predicted octanol–water partition coefficient (Wildman–Crippen LogP) is 4.96. The van der Waals surface area contributed by atoms with Crippen molar-refractivity contribution >= 4 is 0 Å². The van der Waals surface area contributed by atoms with Crippen LogP contribution in [0, 0.1) is 10.8 Å². The highest BCUT2D eigenvalue weighted by Gasteiger charge is 2.22. The Morgan fingerprint density at radius 3 is 1.80 bits per heavy atom. The first-order chi connectivity index (χ1) is 9.68. The zero-order valence-electron chi connectivity index (χ0n) is 13.3. The Morgan fingerprint density at radius 1 is 0.900 bits per heavy atom. The van der Waals surface area contributed by atoms with Crippen LogP contribution < -0.4 is 0 Å². The van der Waals surface area contributed by atoms with Crippen LogP contribution in [0.3, 0.4) is 0 Å². The van der Waals surface area contributed by atoms with E-state index in [-0.39, 0.29) is 6.10 Å². The number of hydrogen-bond acceptors (Lipinski definition) is 3. The quantitative estimate of drug-likeness (QED) is 0.671. The molecule has 0 atom stereocenters. The van der Waals surface area contributed by atoms with Gasteiger partial charge in [0, 0.05) is 0 Å². The van der Waals surface area contributed by atoms with E-state index < -0.39 is 0 Å². The lowest BCUT2D eigenvalue weighted by Crippen LogP contribution is -2.22. The molecule has 0 unspecified atom stereocenters. The van der Waals surface area contributed by atoms with E-state index in [0.717, 1.165) is 25.7 Å². The van der Waals surface area contributed by atoms with Crippen LogP contribution in [0.1, 0.15) is 84.5 Å². The molecule has 0 bridgehead atoms. The fraction of sp³-hybridized carbons (Fsp3) is 1.00. The van der Waals surface area contributed by atoms with E-state index >= 15 is 0 Å². The van der Waals surface area contributed by atoms with Crippen molar-refractivity contribution in [2.75, 3.05) is 6.61 Å². The molecule has 0 aromatic heterocycles. The van der Waals surface area contributed by atoms with Crippen molar-refractivity contribution in [3.63, 3.8) is 0 Å². The lowest BCUT2D eigenvalue weighted by atomic mass is 9.99. The molecule has 0 N–H and O–H groups in total. The molecule has 0 radical (unpaired) electrons. The topological polar surface area (TPSA) is 38.5 Å². The van der Waals surface area contributed by atoms with Crippen molar-refractivity contribution in [3.8, 4) is 0 Å². The van der Waals surface area contributed by atoms with Gasteiger partial charge in [0.1, 0.15) is 4.91 Å². The minimum absolute atomic E-state index is 0.0269. The molecule has 0 aliphatic heterocycles. The summed E-state index contributed by atoms with van der Waals surface area (Å²) in [6.45, 7) is 4.45. The third kappa shape index (κ3) is 9.16. The monoisotopic (exact) mass is 286 g/mol. The zero-order chi connectivity index (χ0) is 14.6. The van der Waals surface area contributed by atoms with Crippen molar-refractivity contribution < 1.29 is 14.8 Å². The van der Waals surface area contributed by atoms with Crippen molar-refractivity contribution in [1.82, 2.24) is 0 Å². The summed E-state index contributed by atoms with van der Waals surface area (Å²) in [7, 11) is 0. The summed E-state index contributed by atoms with van der Waals surface area (Å²) in [6, 6.07) is 0. The fourth-order valence-electron chi connectivity index (χ4n) is 2.59. The van der Waals surface area contributed by atoms with Gasteiger partial charge >= 0.3 is 5.09 Å². The average Bonchev–Trinajstić information content (AvgIpc) is 2.39. The molecule has 1 saturated carbocycles. The first-order valence-corrected chi connectivity index (χ1v) is 8.45. The SMILES string of the molecule is CC(C)CO[N+](=O)OC1CCCCCCCCCCC1. The molecular weight excluding hydrogens is 254 g/mol. The molecule has 0 heterocycles. The second-order valence-electron chi connectivity index (χ2n) is 6.40. The predicted molar refractivity (Wildman–Crippen MR) is 80.1 cm³/mol. The number of hydrogen-bond donors (Lipinski definition) is 0. The third-order valence-electron chi connectivity index (χ3n) is 3.80.